The lowest BCUT2D eigenvalue weighted by Gasteiger charge is -2.16. The number of methoxy groups -OCH3 is 1. The number of unbranched alkanes of at least 4 members (excludes halogenated alkanes) is 1. The molecule has 1 aromatic rings. The van der Waals surface area contributed by atoms with E-state index in [0.717, 1.165) is 12.8 Å². The number of carboxylic acids is 1. The molecule has 1 aromatic carbocycles. The molecule has 0 heterocycles. The topological polar surface area (TPSA) is 46.5 Å². The van der Waals surface area contributed by atoms with Crippen molar-refractivity contribution >= 4 is 17.6 Å². The van der Waals surface area contributed by atoms with Gasteiger partial charge in [0.15, 0.2) is 0 Å². The molecule has 0 bridgehead atoms. The van der Waals surface area contributed by atoms with Crippen molar-refractivity contribution < 1.29 is 14.6 Å². The number of benzene rings is 1. The molecule has 0 spiro atoms. The lowest BCUT2D eigenvalue weighted by Crippen LogP contribution is -2.12. The zero-order chi connectivity index (χ0) is 12.8. The van der Waals surface area contributed by atoms with Crippen molar-refractivity contribution in [1.82, 2.24) is 0 Å². The molecule has 94 valence electrons. The zero-order valence-electron chi connectivity index (χ0n) is 10.1. The van der Waals surface area contributed by atoms with Gasteiger partial charge in [-0.1, -0.05) is 31.4 Å². The van der Waals surface area contributed by atoms with Gasteiger partial charge in [-0.3, -0.25) is 4.79 Å². The van der Waals surface area contributed by atoms with Gasteiger partial charge in [-0.25, -0.2) is 0 Å². The fourth-order valence-corrected chi connectivity index (χ4v) is 1.98. The van der Waals surface area contributed by atoms with Crippen molar-refractivity contribution in [3.8, 4) is 5.75 Å². The fraction of sp³-hybridized carbons (Fsp3) is 0.462. The van der Waals surface area contributed by atoms with Crippen molar-refractivity contribution in [3.63, 3.8) is 0 Å². The second kappa shape index (κ2) is 6.50. The van der Waals surface area contributed by atoms with Gasteiger partial charge < -0.3 is 9.84 Å². The van der Waals surface area contributed by atoms with Gasteiger partial charge in [-0.2, -0.15) is 0 Å². The summed E-state index contributed by atoms with van der Waals surface area (Å²) in [5.74, 6) is -0.805. The first-order chi connectivity index (χ1) is 8.10. The first kappa shape index (κ1) is 13.8. The number of aliphatic carboxylic acids is 1. The number of carboxylic acid groups (broad SMARTS) is 1. The molecule has 3 nitrogen and oxygen atoms in total. The maximum absolute atomic E-state index is 11.3. The highest BCUT2D eigenvalue weighted by atomic mass is 35.5. The molecular formula is C13H17ClO3. The first-order valence-electron chi connectivity index (χ1n) is 5.66. The predicted molar refractivity (Wildman–Crippen MR) is 67.9 cm³/mol. The predicted octanol–water partition coefficient (Wildman–Crippen LogP) is 3.71. The van der Waals surface area contributed by atoms with Crippen LogP contribution in [0.4, 0.5) is 0 Å². The largest absolute Gasteiger partial charge is 0.496 e. The Morgan fingerprint density at radius 2 is 2.24 bits per heavy atom. The molecule has 0 saturated heterocycles. The van der Waals surface area contributed by atoms with E-state index in [1.807, 2.05) is 6.92 Å². The Balaban J connectivity index is 3.07. The molecule has 0 aliphatic carbocycles. The summed E-state index contributed by atoms with van der Waals surface area (Å²) in [6.45, 7) is 2.04. The van der Waals surface area contributed by atoms with Gasteiger partial charge in [0.2, 0.25) is 0 Å². The molecule has 0 radical (unpaired) electrons. The molecule has 1 N–H and O–H groups in total. The monoisotopic (exact) mass is 256 g/mol. The van der Waals surface area contributed by atoms with E-state index in [-0.39, 0.29) is 0 Å². The zero-order valence-corrected chi connectivity index (χ0v) is 10.8. The van der Waals surface area contributed by atoms with Crippen LogP contribution in [0.5, 0.6) is 5.75 Å². The van der Waals surface area contributed by atoms with E-state index in [1.54, 1.807) is 18.2 Å². The summed E-state index contributed by atoms with van der Waals surface area (Å²) in [5.41, 5.74) is 0.654. The molecule has 1 atom stereocenters. The number of rotatable bonds is 6. The van der Waals surface area contributed by atoms with Crippen molar-refractivity contribution in [2.24, 2.45) is 0 Å². The molecular weight excluding hydrogens is 240 g/mol. The number of hydrogen-bond acceptors (Lipinski definition) is 2. The summed E-state index contributed by atoms with van der Waals surface area (Å²) in [4.78, 5) is 11.3. The van der Waals surface area contributed by atoms with Crippen LogP contribution < -0.4 is 4.74 Å². The molecule has 0 aliphatic heterocycles. The minimum Gasteiger partial charge on any atom is -0.496 e. The second-order valence-electron chi connectivity index (χ2n) is 3.92. The van der Waals surface area contributed by atoms with E-state index in [4.69, 9.17) is 16.3 Å². The van der Waals surface area contributed by atoms with Crippen LogP contribution in [0, 0.1) is 0 Å². The maximum Gasteiger partial charge on any atom is 0.311 e. The van der Waals surface area contributed by atoms with Crippen molar-refractivity contribution in [2.45, 2.75) is 32.1 Å². The van der Waals surface area contributed by atoms with E-state index in [9.17, 15) is 9.90 Å². The average molecular weight is 257 g/mol. The maximum atomic E-state index is 11.3. The number of carbonyl (C=O) groups is 1. The van der Waals surface area contributed by atoms with Crippen LogP contribution in [0.25, 0.3) is 0 Å². The molecule has 0 fully saturated rings. The summed E-state index contributed by atoms with van der Waals surface area (Å²) in [6.07, 6.45) is 2.43. The summed E-state index contributed by atoms with van der Waals surface area (Å²) in [6, 6.07) is 5.08. The molecule has 0 aliphatic rings. The van der Waals surface area contributed by atoms with Crippen molar-refractivity contribution in [1.29, 1.82) is 0 Å². The van der Waals surface area contributed by atoms with Gasteiger partial charge in [0, 0.05) is 10.6 Å². The normalized spacial score (nSPS) is 12.2. The van der Waals surface area contributed by atoms with Crippen LogP contribution in [0.15, 0.2) is 18.2 Å². The molecule has 0 amide bonds. The molecule has 0 saturated carbocycles. The summed E-state index contributed by atoms with van der Waals surface area (Å²) >= 11 is 5.91. The van der Waals surface area contributed by atoms with Crippen LogP contribution in [-0.4, -0.2) is 18.2 Å². The second-order valence-corrected chi connectivity index (χ2v) is 4.36. The highest BCUT2D eigenvalue weighted by Gasteiger charge is 2.23. The van der Waals surface area contributed by atoms with Gasteiger partial charge in [0.1, 0.15) is 5.75 Å². The Morgan fingerprint density at radius 3 is 2.76 bits per heavy atom. The Kier molecular flexibility index (Phi) is 5.29. The van der Waals surface area contributed by atoms with Gasteiger partial charge in [-0.15, -0.1) is 0 Å². The number of ether oxygens (including phenoxy) is 1. The van der Waals surface area contributed by atoms with E-state index in [2.05, 4.69) is 0 Å². The highest BCUT2D eigenvalue weighted by Crippen LogP contribution is 2.32. The van der Waals surface area contributed by atoms with Crippen LogP contribution in [0.3, 0.4) is 0 Å². The molecule has 4 heteroatoms. The van der Waals surface area contributed by atoms with E-state index < -0.39 is 11.9 Å². The van der Waals surface area contributed by atoms with Crippen LogP contribution in [0.2, 0.25) is 5.02 Å². The quantitative estimate of drug-likeness (QED) is 0.844. The van der Waals surface area contributed by atoms with Crippen LogP contribution in [-0.2, 0) is 4.79 Å². The first-order valence-corrected chi connectivity index (χ1v) is 6.04. The van der Waals surface area contributed by atoms with Crippen molar-refractivity contribution in [2.75, 3.05) is 7.11 Å². The van der Waals surface area contributed by atoms with Gasteiger partial charge in [0.25, 0.3) is 0 Å². The third-order valence-electron chi connectivity index (χ3n) is 2.71. The van der Waals surface area contributed by atoms with Crippen LogP contribution in [0.1, 0.15) is 37.7 Å². The Hall–Kier alpha value is -1.22. The minimum atomic E-state index is -0.834. The molecule has 1 unspecified atom stereocenters. The van der Waals surface area contributed by atoms with E-state index >= 15 is 0 Å². The van der Waals surface area contributed by atoms with Crippen LogP contribution >= 0.6 is 11.6 Å². The third-order valence-corrected chi connectivity index (χ3v) is 2.95. The standard InChI is InChI=1S/C13H17ClO3/c1-3-4-5-10(13(15)16)11-8-9(14)6-7-12(11)17-2/h6-8,10H,3-5H2,1-2H3,(H,15,16). The minimum absolute atomic E-state index is 0.531. The summed E-state index contributed by atoms with van der Waals surface area (Å²) < 4.78 is 5.19. The Bertz CT molecular complexity index is 390. The third kappa shape index (κ3) is 3.63. The highest BCUT2D eigenvalue weighted by molar-refractivity contribution is 6.30. The SMILES string of the molecule is CCCCC(C(=O)O)c1cc(Cl)ccc1OC. The smallest absolute Gasteiger partial charge is 0.311 e. The van der Waals surface area contributed by atoms with Gasteiger partial charge in [0.05, 0.1) is 13.0 Å². The molecule has 0 aromatic heterocycles. The number of halogens is 1. The van der Waals surface area contributed by atoms with Gasteiger partial charge >= 0.3 is 5.97 Å². The lowest BCUT2D eigenvalue weighted by atomic mass is 9.93. The Labute approximate surface area is 106 Å². The number of hydrogen-bond donors (Lipinski definition) is 1. The lowest BCUT2D eigenvalue weighted by molar-refractivity contribution is -0.139. The Morgan fingerprint density at radius 1 is 1.53 bits per heavy atom. The fourth-order valence-electron chi connectivity index (χ4n) is 1.80. The molecule has 17 heavy (non-hydrogen) atoms. The van der Waals surface area contributed by atoms with Gasteiger partial charge in [-0.05, 0) is 24.6 Å². The van der Waals surface area contributed by atoms with E-state index in [0.29, 0.717) is 22.8 Å². The van der Waals surface area contributed by atoms with Crippen molar-refractivity contribution in [3.05, 3.63) is 28.8 Å². The summed E-state index contributed by atoms with van der Waals surface area (Å²) in [5, 5.41) is 9.80. The van der Waals surface area contributed by atoms with E-state index in [1.165, 1.54) is 7.11 Å². The molecule has 1 rings (SSSR count). The average Bonchev–Trinajstić information content (AvgIpc) is 2.29. The summed E-state index contributed by atoms with van der Waals surface area (Å²) in [7, 11) is 1.53.